The first-order chi connectivity index (χ1) is 11.3. The molecule has 1 saturated heterocycles. The summed E-state index contributed by atoms with van der Waals surface area (Å²) in [6.07, 6.45) is 3.47. The number of aromatic nitrogens is 3. The van der Waals surface area contributed by atoms with E-state index in [1.807, 2.05) is 20.8 Å². The average molecular weight is 331 g/mol. The van der Waals surface area contributed by atoms with Gasteiger partial charge in [-0.25, -0.2) is 9.78 Å². The minimum Gasteiger partial charge on any atom is -0.444 e. The molecule has 0 spiro atoms. The van der Waals surface area contributed by atoms with Crippen LogP contribution in [-0.4, -0.2) is 50.2 Å². The summed E-state index contributed by atoms with van der Waals surface area (Å²) in [4.78, 5) is 30.3. The van der Waals surface area contributed by atoms with Gasteiger partial charge >= 0.3 is 6.09 Å². The summed E-state index contributed by atoms with van der Waals surface area (Å²) in [5.41, 5.74) is 0.120. The zero-order valence-electron chi connectivity index (χ0n) is 14.0. The first kappa shape index (κ1) is 16.2. The Morgan fingerprint density at radius 3 is 2.83 bits per heavy atom. The molecule has 2 aromatic heterocycles. The maximum absolute atomic E-state index is 12.5. The van der Waals surface area contributed by atoms with Crippen LogP contribution in [-0.2, 0) is 9.53 Å². The molecule has 128 valence electrons. The van der Waals surface area contributed by atoms with E-state index in [-0.39, 0.29) is 17.9 Å². The lowest BCUT2D eigenvalue weighted by Gasteiger charge is -2.24. The summed E-state index contributed by atoms with van der Waals surface area (Å²) in [7, 11) is 0. The van der Waals surface area contributed by atoms with Crippen molar-refractivity contribution in [1.82, 2.24) is 19.5 Å². The topological polar surface area (TPSA) is 88.8 Å². The third-order valence-corrected chi connectivity index (χ3v) is 3.75. The van der Waals surface area contributed by atoms with Gasteiger partial charge in [0, 0.05) is 25.4 Å². The quantitative estimate of drug-likeness (QED) is 0.908. The van der Waals surface area contributed by atoms with E-state index in [1.165, 1.54) is 0 Å². The maximum Gasteiger partial charge on any atom is 0.410 e. The molecule has 1 unspecified atom stereocenters. The van der Waals surface area contributed by atoms with E-state index in [0.717, 1.165) is 0 Å². The van der Waals surface area contributed by atoms with Gasteiger partial charge < -0.3 is 15.0 Å². The number of carbonyl (C=O) groups excluding carboxylic acids is 2. The van der Waals surface area contributed by atoms with Crippen molar-refractivity contribution >= 4 is 23.5 Å². The molecular formula is C16H21N5O3. The number of nitrogens with one attached hydrogen (secondary N) is 1. The second-order valence-corrected chi connectivity index (χ2v) is 6.83. The molecule has 1 fully saturated rings. The molecule has 2 amide bonds. The molecular weight excluding hydrogens is 310 g/mol. The van der Waals surface area contributed by atoms with Gasteiger partial charge in [-0.1, -0.05) is 0 Å². The summed E-state index contributed by atoms with van der Waals surface area (Å²) in [5, 5.41) is 7.00. The van der Waals surface area contributed by atoms with Crippen LogP contribution in [0.4, 0.5) is 10.6 Å². The molecule has 0 aliphatic carbocycles. The van der Waals surface area contributed by atoms with Crippen molar-refractivity contribution in [2.75, 3.05) is 18.4 Å². The largest absolute Gasteiger partial charge is 0.444 e. The highest BCUT2D eigenvalue weighted by atomic mass is 16.6. The van der Waals surface area contributed by atoms with Crippen molar-refractivity contribution in [3.63, 3.8) is 0 Å². The number of hydrogen-bond acceptors (Lipinski definition) is 5. The summed E-state index contributed by atoms with van der Waals surface area (Å²) in [6.45, 7) is 6.34. The Balaban J connectivity index is 1.63. The van der Waals surface area contributed by atoms with E-state index >= 15 is 0 Å². The molecule has 8 heteroatoms. The standard InChI is InChI=1S/C16H21N5O3/c1-16(2,3)24-15(23)20-9-6-11(10-20)14(22)19-13-4-7-17-12-5-8-18-21(12)13/h4-5,7-8,11H,6,9-10H2,1-3H3,(H,19,22). The lowest BCUT2D eigenvalue weighted by molar-refractivity contribution is -0.119. The minimum absolute atomic E-state index is 0.135. The van der Waals surface area contributed by atoms with Gasteiger partial charge in [0.1, 0.15) is 11.4 Å². The molecule has 3 heterocycles. The minimum atomic E-state index is -0.542. The Morgan fingerprint density at radius 1 is 1.29 bits per heavy atom. The fourth-order valence-corrected chi connectivity index (χ4v) is 2.62. The van der Waals surface area contributed by atoms with Gasteiger partial charge in [0.2, 0.25) is 5.91 Å². The zero-order chi connectivity index (χ0) is 17.3. The molecule has 8 nitrogen and oxygen atoms in total. The number of nitrogens with zero attached hydrogens (tertiary/aromatic N) is 4. The van der Waals surface area contributed by atoms with Gasteiger partial charge in [-0.05, 0) is 33.3 Å². The fourth-order valence-electron chi connectivity index (χ4n) is 2.62. The van der Waals surface area contributed by atoms with Crippen LogP contribution < -0.4 is 5.32 Å². The van der Waals surface area contributed by atoms with Crippen LogP contribution in [0, 0.1) is 5.92 Å². The van der Waals surface area contributed by atoms with E-state index in [2.05, 4.69) is 15.4 Å². The predicted octanol–water partition coefficient (Wildman–Crippen LogP) is 1.92. The highest BCUT2D eigenvalue weighted by molar-refractivity contribution is 5.92. The van der Waals surface area contributed by atoms with E-state index in [1.54, 1.807) is 33.9 Å². The van der Waals surface area contributed by atoms with Crippen LogP contribution in [0.25, 0.3) is 5.65 Å². The van der Waals surface area contributed by atoms with Gasteiger partial charge in [0.25, 0.3) is 0 Å². The van der Waals surface area contributed by atoms with Crippen LogP contribution in [0.3, 0.4) is 0 Å². The monoisotopic (exact) mass is 331 g/mol. The number of hydrogen-bond donors (Lipinski definition) is 1. The normalized spacial score (nSPS) is 18.0. The molecule has 2 aromatic rings. The third-order valence-electron chi connectivity index (χ3n) is 3.75. The number of likely N-dealkylation sites (tertiary alicyclic amines) is 1. The highest BCUT2D eigenvalue weighted by Gasteiger charge is 2.33. The SMILES string of the molecule is CC(C)(C)OC(=O)N1CCC(C(=O)Nc2ccnc3ccnn23)C1. The summed E-state index contributed by atoms with van der Waals surface area (Å²) in [6, 6.07) is 3.45. The predicted molar refractivity (Wildman–Crippen MR) is 87.5 cm³/mol. The number of anilines is 1. The Hall–Kier alpha value is -2.64. The van der Waals surface area contributed by atoms with Crippen molar-refractivity contribution in [2.45, 2.75) is 32.8 Å². The molecule has 1 aliphatic heterocycles. The van der Waals surface area contributed by atoms with Crippen molar-refractivity contribution in [2.24, 2.45) is 5.92 Å². The molecule has 0 saturated carbocycles. The smallest absolute Gasteiger partial charge is 0.410 e. The van der Waals surface area contributed by atoms with Crippen LogP contribution >= 0.6 is 0 Å². The van der Waals surface area contributed by atoms with Gasteiger partial charge in [-0.2, -0.15) is 9.61 Å². The Labute approximate surface area is 139 Å². The average Bonchev–Trinajstić information content (AvgIpc) is 3.15. The first-order valence-corrected chi connectivity index (χ1v) is 7.91. The number of fused-ring (bicyclic) bond motifs is 1. The van der Waals surface area contributed by atoms with Crippen LogP contribution in [0.15, 0.2) is 24.5 Å². The molecule has 0 radical (unpaired) electrons. The lowest BCUT2D eigenvalue weighted by Crippen LogP contribution is -2.36. The number of amides is 2. The molecule has 3 rings (SSSR count). The Kier molecular flexibility index (Phi) is 4.13. The fraction of sp³-hybridized carbons (Fsp3) is 0.500. The first-order valence-electron chi connectivity index (χ1n) is 7.91. The molecule has 1 aliphatic rings. The zero-order valence-corrected chi connectivity index (χ0v) is 14.0. The van der Waals surface area contributed by atoms with E-state index in [0.29, 0.717) is 31.0 Å². The van der Waals surface area contributed by atoms with Gasteiger partial charge in [-0.15, -0.1) is 0 Å². The van der Waals surface area contributed by atoms with Crippen LogP contribution in [0.5, 0.6) is 0 Å². The van der Waals surface area contributed by atoms with Crippen molar-refractivity contribution in [3.05, 3.63) is 24.5 Å². The Morgan fingerprint density at radius 2 is 2.08 bits per heavy atom. The summed E-state index contributed by atoms with van der Waals surface area (Å²) in [5.74, 6) is 0.158. The van der Waals surface area contributed by atoms with E-state index in [9.17, 15) is 9.59 Å². The van der Waals surface area contributed by atoms with E-state index in [4.69, 9.17) is 4.74 Å². The van der Waals surface area contributed by atoms with Gasteiger partial charge in [0.05, 0.1) is 12.1 Å². The molecule has 0 aromatic carbocycles. The molecule has 1 atom stereocenters. The van der Waals surface area contributed by atoms with Gasteiger partial charge in [0.15, 0.2) is 5.65 Å². The highest BCUT2D eigenvalue weighted by Crippen LogP contribution is 2.21. The molecule has 24 heavy (non-hydrogen) atoms. The summed E-state index contributed by atoms with van der Waals surface area (Å²) >= 11 is 0. The third kappa shape index (κ3) is 3.47. The van der Waals surface area contributed by atoms with Crippen LogP contribution in [0.1, 0.15) is 27.2 Å². The van der Waals surface area contributed by atoms with Crippen molar-refractivity contribution in [1.29, 1.82) is 0 Å². The van der Waals surface area contributed by atoms with Crippen molar-refractivity contribution < 1.29 is 14.3 Å². The summed E-state index contributed by atoms with van der Waals surface area (Å²) < 4.78 is 6.92. The molecule has 0 bridgehead atoms. The second kappa shape index (κ2) is 6.10. The lowest BCUT2D eigenvalue weighted by atomic mass is 10.1. The van der Waals surface area contributed by atoms with E-state index < -0.39 is 5.60 Å². The maximum atomic E-state index is 12.5. The van der Waals surface area contributed by atoms with Gasteiger partial charge in [-0.3, -0.25) is 4.79 Å². The number of rotatable bonds is 2. The Bertz CT molecular complexity index is 764. The number of ether oxygens (including phenoxy) is 1. The molecule has 1 N–H and O–H groups in total. The number of carbonyl (C=O) groups is 2. The van der Waals surface area contributed by atoms with Crippen LogP contribution in [0.2, 0.25) is 0 Å². The second-order valence-electron chi connectivity index (χ2n) is 6.83. The van der Waals surface area contributed by atoms with Crippen molar-refractivity contribution in [3.8, 4) is 0 Å².